The van der Waals surface area contributed by atoms with Crippen LogP contribution in [-0.2, 0) is 6.42 Å². The van der Waals surface area contributed by atoms with Crippen molar-refractivity contribution in [2.24, 2.45) is 4.99 Å². The van der Waals surface area contributed by atoms with E-state index >= 15 is 0 Å². The average molecular weight is 616 g/mol. The molecule has 3 nitrogen and oxygen atoms in total. The van der Waals surface area contributed by atoms with Crippen molar-refractivity contribution in [2.75, 3.05) is 12.0 Å². The summed E-state index contributed by atoms with van der Waals surface area (Å²) in [5.41, 5.74) is 3.42. The fraction of sp³-hybridized carbons (Fsp3) is 0.310. The van der Waals surface area contributed by atoms with Crippen molar-refractivity contribution >= 4 is 58.0 Å². The van der Waals surface area contributed by atoms with Gasteiger partial charge in [-0.3, -0.25) is 0 Å². The van der Waals surface area contributed by atoms with Crippen molar-refractivity contribution in [3.05, 3.63) is 95.0 Å². The number of nitrogens with zero attached hydrogens (tertiary/aromatic N) is 2. The van der Waals surface area contributed by atoms with E-state index in [1.807, 2.05) is 24.3 Å². The van der Waals surface area contributed by atoms with Crippen molar-refractivity contribution < 1.29 is 4.74 Å². The number of anilines is 1. The topological polar surface area (TPSA) is 24.8 Å². The summed E-state index contributed by atoms with van der Waals surface area (Å²) < 4.78 is 7.69. The van der Waals surface area contributed by atoms with E-state index in [-0.39, 0.29) is 6.04 Å². The Hall–Kier alpha value is -1.87. The maximum atomic E-state index is 6.27. The van der Waals surface area contributed by atoms with E-state index in [9.17, 15) is 0 Å². The standard InChI is InChI=1S/C29H30ClN2OSe2/c1-33-26-14-8-11-22(20-26)28(29(35)31-24-12-6-3-7-13-24)32(25-17-15-23(30)16-18-25)27(34)19-21-9-4-2-5-10-21/h2,4-5,8-11,14-18,20,24,28H,3,6-7,12-13,19H2,1H3. The van der Waals surface area contributed by atoms with Crippen LogP contribution in [-0.4, -0.2) is 53.9 Å². The number of ether oxygens (including phenoxy) is 1. The van der Waals surface area contributed by atoms with Gasteiger partial charge in [0.2, 0.25) is 0 Å². The number of rotatable bonds is 9. The van der Waals surface area contributed by atoms with Crippen LogP contribution in [0.25, 0.3) is 0 Å². The van der Waals surface area contributed by atoms with Gasteiger partial charge >= 0.3 is 231 Å². The second-order valence-corrected chi connectivity index (χ2v) is 11.1. The van der Waals surface area contributed by atoms with Crippen LogP contribution in [0.3, 0.4) is 0 Å². The van der Waals surface area contributed by atoms with E-state index in [0.29, 0.717) is 6.04 Å². The zero-order valence-electron chi connectivity index (χ0n) is 19.9. The first-order chi connectivity index (χ1) is 17.0. The summed E-state index contributed by atoms with van der Waals surface area (Å²) in [6.07, 6.45) is 6.88. The summed E-state index contributed by atoms with van der Waals surface area (Å²) in [6.45, 7) is 0. The maximum absolute atomic E-state index is 6.27. The Labute approximate surface area is 230 Å². The average Bonchev–Trinajstić information content (AvgIpc) is 2.89. The molecule has 35 heavy (non-hydrogen) atoms. The molecule has 1 atom stereocenters. The van der Waals surface area contributed by atoms with E-state index < -0.39 is 0 Å². The second-order valence-electron chi connectivity index (χ2n) is 8.84. The zero-order valence-corrected chi connectivity index (χ0v) is 24.1. The zero-order chi connectivity index (χ0) is 24.6. The molecule has 0 spiro atoms. The summed E-state index contributed by atoms with van der Waals surface area (Å²) in [4.78, 5) is 7.59. The van der Waals surface area contributed by atoms with Crippen LogP contribution in [0.1, 0.15) is 49.3 Å². The molecule has 1 fully saturated rings. The molecule has 1 radical (unpaired) electrons. The van der Waals surface area contributed by atoms with Crippen LogP contribution in [0.5, 0.6) is 5.75 Å². The number of methoxy groups -OCH3 is 1. The first-order valence-electron chi connectivity index (χ1n) is 12.1. The van der Waals surface area contributed by atoms with Gasteiger partial charge in [0.05, 0.1) is 0 Å². The van der Waals surface area contributed by atoms with Gasteiger partial charge in [0.1, 0.15) is 0 Å². The number of benzene rings is 3. The molecule has 3 aromatic rings. The van der Waals surface area contributed by atoms with E-state index in [1.165, 1.54) is 24.8 Å². The Kier molecular flexibility index (Phi) is 9.66. The predicted molar refractivity (Wildman–Crippen MR) is 151 cm³/mol. The van der Waals surface area contributed by atoms with Crippen molar-refractivity contribution in [3.63, 3.8) is 0 Å². The predicted octanol–water partition coefficient (Wildman–Crippen LogP) is 6.34. The van der Waals surface area contributed by atoms with Crippen LogP contribution in [0.4, 0.5) is 5.69 Å². The molecule has 1 aliphatic rings. The molecule has 0 N–H and O–H groups in total. The van der Waals surface area contributed by atoms with Crippen LogP contribution in [0, 0.1) is 0 Å². The molecule has 4 rings (SSSR count). The minimum atomic E-state index is -0.131. The third-order valence-electron chi connectivity index (χ3n) is 6.36. The fourth-order valence-corrected chi connectivity index (χ4v) is 6.31. The molecule has 0 saturated heterocycles. The minimum absolute atomic E-state index is 0.131. The summed E-state index contributed by atoms with van der Waals surface area (Å²) in [7, 11) is 1.71. The molecule has 1 aliphatic carbocycles. The Morgan fingerprint density at radius 3 is 2.40 bits per heavy atom. The van der Waals surface area contributed by atoms with E-state index in [1.54, 1.807) is 7.11 Å². The molecule has 1 unspecified atom stereocenters. The SMILES string of the molecule is COc1cccc(C(C([Se])=NC2CCCCC2)N(C(=[Se])Cc2ccccc2)c2ccc(Cl)cc2)c1. The monoisotopic (exact) mass is 617 g/mol. The quantitative estimate of drug-likeness (QED) is 0.207. The van der Waals surface area contributed by atoms with Gasteiger partial charge < -0.3 is 0 Å². The van der Waals surface area contributed by atoms with Crippen molar-refractivity contribution in [1.29, 1.82) is 0 Å². The Balaban J connectivity index is 1.81. The van der Waals surface area contributed by atoms with Gasteiger partial charge in [0.15, 0.2) is 0 Å². The molecule has 0 amide bonds. The summed E-state index contributed by atoms with van der Waals surface area (Å²) >= 11 is 13.0. The van der Waals surface area contributed by atoms with Crippen LogP contribution in [0.15, 0.2) is 83.9 Å². The molecular weight excluding hydrogens is 586 g/mol. The summed E-state index contributed by atoms with van der Waals surface area (Å²) in [6, 6.07) is 27.1. The first-order valence-corrected chi connectivity index (χ1v) is 14.1. The molecule has 0 heterocycles. The van der Waals surface area contributed by atoms with Crippen molar-refractivity contribution in [2.45, 2.75) is 50.6 Å². The molecule has 1 saturated carbocycles. The molecule has 0 aliphatic heterocycles. The number of halogens is 1. The molecule has 0 bridgehead atoms. The van der Waals surface area contributed by atoms with Gasteiger partial charge in [-0.05, 0) is 0 Å². The van der Waals surface area contributed by atoms with Crippen LogP contribution in [0.2, 0.25) is 5.02 Å². The van der Waals surface area contributed by atoms with Gasteiger partial charge in [-0.1, -0.05) is 0 Å². The summed E-state index contributed by atoms with van der Waals surface area (Å²) in [5.74, 6) is 0.832. The van der Waals surface area contributed by atoms with Crippen LogP contribution >= 0.6 is 11.6 Å². The van der Waals surface area contributed by atoms with Gasteiger partial charge in [-0.25, -0.2) is 0 Å². The Morgan fingerprint density at radius 1 is 1.00 bits per heavy atom. The molecule has 181 valence electrons. The molecule has 0 aromatic heterocycles. The van der Waals surface area contributed by atoms with Gasteiger partial charge in [0.25, 0.3) is 0 Å². The molecule has 6 heteroatoms. The fourth-order valence-electron chi connectivity index (χ4n) is 4.57. The van der Waals surface area contributed by atoms with Gasteiger partial charge in [-0.2, -0.15) is 0 Å². The van der Waals surface area contributed by atoms with Gasteiger partial charge in [0, 0.05) is 0 Å². The van der Waals surface area contributed by atoms with E-state index in [2.05, 4.69) is 91.1 Å². The number of hydrogen-bond donors (Lipinski definition) is 0. The Morgan fingerprint density at radius 2 is 1.71 bits per heavy atom. The number of aliphatic imine (C=N–C) groups is 1. The van der Waals surface area contributed by atoms with Crippen molar-refractivity contribution in [1.82, 2.24) is 0 Å². The third-order valence-corrected chi connectivity index (χ3v) is 8.01. The summed E-state index contributed by atoms with van der Waals surface area (Å²) in [5, 5.41) is 0.718. The van der Waals surface area contributed by atoms with E-state index in [4.69, 9.17) is 21.3 Å². The molecule has 3 aromatic carbocycles. The third kappa shape index (κ3) is 7.09. The van der Waals surface area contributed by atoms with E-state index in [0.717, 1.165) is 50.4 Å². The molecular formula is C29H30ClN2OSe2. The van der Waals surface area contributed by atoms with Crippen LogP contribution < -0.4 is 9.64 Å². The van der Waals surface area contributed by atoms with Crippen molar-refractivity contribution in [3.8, 4) is 5.75 Å². The second kappa shape index (κ2) is 12.9. The first kappa shape index (κ1) is 26.2. The van der Waals surface area contributed by atoms with Gasteiger partial charge in [-0.15, -0.1) is 0 Å². The Bertz CT molecular complexity index is 1140. The normalized spacial score (nSPS) is 15.4. The number of hydrogen-bond acceptors (Lipinski definition) is 3.